The molecule has 2 amide bonds. The number of carbonyl (C=O) groups excluding carboxylic acids is 1. The van der Waals surface area contributed by atoms with Gasteiger partial charge in [0.2, 0.25) is 0 Å². The van der Waals surface area contributed by atoms with Crippen LogP contribution in [0.1, 0.15) is 30.4 Å². The normalized spacial score (nSPS) is 19.8. The maximum Gasteiger partial charge on any atom is 0.323 e. The summed E-state index contributed by atoms with van der Waals surface area (Å²) in [5.41, 5.74) is 2.32. The molecule has 2 N–H and O–H groups in total. The van der Waals surface area contributed by atoms with Crippen molar-refractivity contribution in [2.45, 2.75) is 34.1 Å². The summed E-state index contributed by atoms with van der Waals surface area (Å²) in [7, 11) is 0. The van der Waals surface area contributed by atoms with E-state index in [4.69, 9.17) is 0 Å². The molecule has 3 rings (SSSR count). The molecule has 0 spiro atoms. The fourth-order valence-electron chi connectivity index (χ4n) is 3.31. The molecule has 0 saturated carbocycles. The lowest BCUT2D eigenvalue weighted by Gasteiger charge is -2.34. The minimum Gasteiger partial charge on any atom is -0.481 e. The highest BCUT2D eigenvalue weighted by molar-refractivity contribution is 5.89. The largest absolute Gasteiger partial charge is 0.481 e. The van der Waals surface area contributed by atoms with Gasteiger partial charge in [-0.25, -0.2) is 14.8 Å². The van der Waals surface area contributed by atoms with Crippen molar-refractivity contribution in [3.05, 3.63) is 29.2 Å². The summed E-state index contributed by atoms with van der Waals surface area (Å²) in [6.07, 6.45) is 0.656. The Morgan fingerprint density at radius 3 is 2.44 bits per heavy atom. The van der Waals surface area contributed by atoms with Gasteiger partial charge in [-0.2, -0.15) is 9.78 Å². The lowest BCUT2D eigenvalue weighted by molar-refractivity contribution is -0.145. The lowest BCUT2D eigenvalue weighted by Crippen LogP contribution is -2.47. The number of carboxylic acids is 1. The molecule has 0 aromatic carbocycles. The molecular formula is C18H24N6O3. The summed E-state index contributed by atoms with van der Waals surface area (Å²) in [5, 5.41) is 16.6. The van der Waals surface area contributed by atoms with Crippen molar-refractivity contribution in [3.8, 4) is 5.95 Å². The molecule has 3 heterocycles. The van der Waals surface area contributed by atoms with Gasteiger partial charge in [0.1, 0.15) is 5.82 Å². The zero-order chi connectivity index (χ0) is 19.7. The topological polar surface area (TPSA) is 113 Å². The Morgan fingerprint density at radius 1 is 1.15 bits per heavy atom. The average molecular weight is 372 g/mol. The highest BCUT2D eigenvalue weighted by Crippen LogP contribution is 2.24. The summed E-state index contributed by atoms with van der Waals surface area (Å²) in [6.45, 7) is 8.17. The molecule has 1 aliphatic heterocycles. The summed E-state index contributed by atoms with van der Waals surface area (Å²) < 4.78 is 1.49. The van der Waals surface area contributed by atoms with Gasteiger partial charge >= 0.3 is 12.0 Å². The third-order valence-corrected chi connectivity index (χ3v) is 4.79. The van der Waals surface area contributed by atoms with E-state index in [0.717, 1.165) is 11.4 Å². The molecule has 0 bridgehead atoms. The summed E-state index contributed by atoms with van der Waals surface area (Å²) >= 11 is 0. The number of piperidine rings is 1. The van der Waals surface area contributed by atoms with Crippen molar-refractivity contribution in [1.29, 1.82) is 0 Å². The van der Waals surface area contributed by atoms with Crippen LogP contribution in [0.4, 0.5) is 10.6 Å². The lowest BCUT2D eigenvalue weighted by atomic mass is 9.87. The van der Waals surface area contributed by atoms with Crippen molar-refractivity contribution in [1.82, 2.24) is 24.6 Å². The molecule has 2 unspecified atom stereocenters. The summed E-state index contributed by atoms with van der Waals surface area (Å²) in [6, 6.07) is 3.25. The van der Waals surface area contributed by atoms with E-state index in [1.54, 1.807) is 6.07 Å². The van der Waals surface area contributed by atoms with Gasteiger partial charge in [0.15, 0.2) is 0 Å². The van der Waals surface area contributed by atoms with Crippen LogP contribution in [0.5, 0.6) is 0 Å². The van der Waals surface area contributed by atoms with Gasteiger partial charge in [0.05, 0.1) is 11.6 Å². The average Bonchev–Trinajstić information content (AvgIpc) is 2.94. The van der Waals surface area contributed by atoms with Gasteiger partial charge in [0.25, 0.3) is 5.95 Å². The number of likely N-dealkylation sites (tertiary alicyclic amines) is 1. The smallest absolute Gasteiger partial charge is 0.323 e. The van der Waals surface area contributed by atoms with Crippen LogP contribution in [0.2, 0.25) is 0 Å². The first-order chi connectivity index (χ1) is 12.7. The number of rotatable bonds is 3. The van der Waals surface area contributed by atoms with Crippen molar-refractivity contribution < 1.29 is 14.7 Å². The second kappa shape index (κ2) is 7.34. The third kappa shape index (κ3) is 4.07. The van der Waals surface area contributed by atoms with E-state index in [0.29, 0.717) is 30.4 Å². The van der Waals surface area contributed by atoms with E-state index in [-0.39, 0.29) is 18.5 Å². The highest BCUT2D eigenvalue weighted by Gasteiger charge is 2.33. The number of carboxylic acid groups (broad SMARTS) is 1. The van der Waals surface area contributed by atoms with E-state index < -0.39 is 11.9 Å². The number of nitrogens with one attached hydrogen (secondary N) is 1. The number of hydrogen-bond donors (Lipinski definition) is 2. The van der Waals surface area contributed by atoms with Crippen LogP contribution in [0.15, 0.2) is 12.1 Å². The van der Waals surface area contributed by atoms with Gasteiger partial charge in [-0.15, -0.1) is 0 Å². The van der Waals surface area contributed by atoms with Crippen LogP contribution in [0.3, 0.4) is 0 Å². The van der Waals surface area contributed by atoms with Crippen molar-refractivity contribution in [2.75, 3.05) is 18.4 Å². The van der Waals surface area contributed by atoms with Gasteiger partial charge in [0, 0.05) is 30.5 Å². The number of aliphatic carboxylic acids is 1. The fraction of sp³-hybridized carbons (Fsp3) is 0.500. The number of urea groups is 1. The monoisotopic (exact) mass is 372 g/mol. The Morgan fingerprint density at radius 2 is 1.81 bits per heavy atom. The Bertz CT molecular complexity index is 858. The van der Waals surface area contributed by atoms with E-state index in [9.17, 15) is 14.7 Å². The zero-order valence-corrected chi connectivity index (χ0v) is 15.9. The summed E-state index contributed by atoms with van der Waals surface area (Å²) in [5.74, 6) is -0.550. The molecule has 9 nitrogen and oxygen atoms in total. The predicted octanol–water partition coefficient (Wildman–Crippen LogP) is 2.16. The molecule has 27 heavy (non-hydrogen) atoms. The van der Waals surface area contributed by atoms with E-state index in [2.05, 4.69) is 20.4 Å². The number of aryl methyl sites for hydroxylation is 3. The molecule has 2 aromatic heterocycles. The minimum atomic E-state index is -0.871. The first kappa shape index (κ1) is 18.8. The predicted molar refractivity (Wildman–Crippen MR) is 98.9 cm³/mol. The Balaban J connectivity index is 1.82. The highest BCUT2D eigenvalue weighted by atomic mass is 16.4. The summed E-state index contributed by atoms with van der Waals surface area (Å²) in [4.78, 5) is 34.4. The molecular weight excluding hydrogens is 348 g/mol. The number of hydrogen-bond acceptors (Lipinski definition) is 5. The van der Waals surface area contributed by atoms with Crippen LogP contribution in [0, 0.1) is 32.6 Å². The van der Waals surface area contributed by atoms with E-state index in [1.807, 2.05) is 33.8 Å². The molecule has 1 saturated heterocycles. The van der Waals surface area contributed by atoms with Crippen molar-refractivity contribution in [2.24, 2.45) is 11.8 Å². The van der Waals surface area contributed by atoms with Crippen LogP contribution >= 0.6 is 0 Å². The van der Waals surface area contributed by atoms with Gasteiger partial charge in [-0.3, -0.25) is 10.1 Å². The maximum absolute atomic E-state index is 12.7. The van der Waals surface area contributed by atoms with Crippen molar-refractivity contribution in [3.63, 3.8) is 0 Å². The van der Waals surface area contributed by atoms with Crippen LogP contribution in [-0.4, -0.2) is 54.8 Å². The van der Waals surface area contributed by atoms with E-state index in [1.165, 1.54) is 9.58 Å². The molecule has 0 aliphatic carbocycles. The molecule has 2 aromatic rings. The van der Waals surface area contributed by atoms with Gasteiger partial charge < -0.3 is 10.0 Å². The number of carbonyl (C=O) groups is 2. The second-order valence-corrected chi connectivity index (χ2v) is 7.12. The fourth-order valence-corrected chi connectivity index (χ4v) is 3.31. The first-order valence-electron chi connectivity index (χ1n) is 8.92. The van der Waals surface area contributed by atoms with Crippen LogP contribution in [0.25, 0.3) is 5.95 Å². The molecule has 2 atom stereocenters. The van der Waals surface area contributed by atoms with Gasteiger partial charge in [-0.1, -0.05) is 6.92 Å². The third-order valence-electron chi connectivity index (χ3n) is 4.79. The number of amides is 2. The Kier molecular flexibility index (Phi) is 5.11. The molecule has 144 valence electrons. The number of anilines is 1. The first-order valence-corrected chi connectivity index (χ1v) is 8.92. The quantitative estimate of drug-likeness (QED) is 0.853. The number of aromatic nitrogens is 4. The van der Waals surface area contributed by atoms with Crippen LogP contribution < -0.4 is 5.32 Å². The second-order valence-electron chi connectivity index (χ2n) is 7.12. The molecule has 1 fully saturated rings. The van der Waals surface area contributed by atoms with Gasteiger partial charge in [-0.05, 0) is 39.2 Å². The molecule has 9 heteroatoms. The number of nitrogens with zero attached hydrogens (tertiary/aromatic N) is 5. The Hall–Kier alpha value is -2.97. The zero-order valence-electron chi connectivity index (χ0n) is 15.9. The maximum atomic E-state index is 12.7. The Labute approximate surface area is 157 Å². The standard InChI is InChI=1S/C18H24N6O3/c1-10-5-6-23(9-14(10)16(25)26)18(27)21-15-8-13(4)22-24(15)17-19-11(2)7-12(3)20-17/h7-8,10,14H,5-6,9H2,1-4H3,(H,21,27)(H,25,26). The molecule has 0 radical (unpaired) electrons. The van der Waals surface area contributed by atoms with Crippen LogP contribution in [-0.2, 0) is 4.79 Å². The van der Waals surface area contributed by atoms with E-state index >= 15 is 0 Å². The molecule has 1 aliphatic rings. The van der Waals surface area contributed by atoms with Crippen molar-refractivity contribution >= 4 is 17.8 Å². The SMILES string of the molecule is Cc1cc(C)nc(-n2nc(C)cc2NC(=O)N2CCC(C)C(C(=O)O)C2)n1. The minimum absolute atomic E-state index is 0.0444.